The van der Waals surface area contributed by atoms with Crippen LogP contribution >= 0.6 is 23.1 Å². The molecule has 3 aromatic rings. The van der Waals surface area contributed by atoms with Gasteiger partial charge in [0.15, 0.2) is 0 Å². The molecule has 0 radical (unpaired) electrons. The molecule has 27 heavy (non-hydrogen) atoms. The van der Waals surface area contributed by atoms with Crippen molar-refractivity contribution in [2.45, 2.75) is 18.1 Å². The standard InChI is InChI=1S/C18H17N3O4S2/c1-8-4-3-5-10(9(8)2)20-13(24)7-26-18-14(17(19)25)15-16(27-18)11(22)6-12(23)21-15/h3-6H,7H2,1-2H3,(H2,19,25)(H,20,24)(H2,21,22,23). The van der Waals surface area contributed by atoms with Crippen LogP contribution in [0.5, 0.6) is 5.75 Å². The number of benzene rings is 1. The molecule has 0 bridgehead atoms. The van der Waals surface area contributed by atoms with Gasteiger partial charge in [-0.2, -0.15) is 0 Å². The lowest BCUT2D eigenvalue weighted by Crippen LogP contribution is -2.16. The minimum absolute atomic E-state index is 0.0471. The molecule has 0 aliphatic rings. The van der Waals surface area contributed by atoms with E-state index in [1.54, 1.807) is 0 Å². The SMILES string of the molecule is Cc1cccc(NC(=O)CSc2sc3c(O)cc(=O)[nH]c3c2C(N)=O)c1C. The van der Waals surface area contributed by atoms with E-state index in [4.69, 9.17) is 5.73 Å². The van der Waals surface area contributed by atoms with E-state index in [1.807, 2.05) is 32.0 Å². The minimum Gasteiger partial charge on any atom is -0.506 e. The summed E-state index contributed by atoms with van der Waals surface area (Å²) in [5.41, 5.74) is 7.98. The molecule has 2 amide bonds. The third kappa shape index (κ3) is 3.83. The van der Waals surface area contributed by atoms with Gasteiger partial charge >= 0.3 is 0 Å². The number of carbonyl (C=O) groups excluding carboxylic acids is 2. The fourth-order valence-corrected chi connectivity index (χ4v) is 4.84. The zero-order valence-corrected chi connectivity index (χ0v) is 16.2. The monoisotopic (exact) mass is 403 g/mol. The first kappa shape index (κ1) is 19.0. The zero-order valence-electron chi connectivity index (χ0n) is 14.6. The summed E-state index contributed by atoms with van der Waals surface area (Å²) in [6.07, 6.45) is 0. The number of aromatic nitrogens is 1. The summed E-state index contributed by atoms with van der Waals surface area (Å²) in [5, 5.41) is 12.8. The Kier molecular flexibility index (Phi) is 5.24. The maximum absolute atomic E-state index is 12.3. The maximum atomic E-state index is 12.3. The molecule has 0 spiro atoms. The number of primary amides is 1. The van der Waals surface area contributed by atoms with Crippen molar-refractivity contribution in [3.05, 3.63) is 51.3 Å². The lowest BCUT2D eigenvalue weighted by Gasteiger charge is -2.10. The van der Waals surface area contributed by atoms with Crippen molar-refractivity contribution in [1.82, 2.24) is 4.98 Å². The van der Waals surface area contributed by atoms with Crippen molar-refractivity contribution in [3.8, 4) is 5.75 Å². The first-order valence-electron chi connectivity index (χ1n) is 7.95. The Balaban J connectivity index is 1.84. The molecule has 0 saturated heterocycles. The van der Waals surface area contributed by atoms with E-state index in [9.17, 15) is 19.5 Å². The minimum atomic E-state index is -0.736. The van der Waals surface area contributed by atoms with Crippen molar-refractivity contribution in [2.24, 2.45) is 5.73 Å². The highest BCUT2D eigenvalue weighted by molar-refractivity contribution is 8.02. The highest BCUT2D eigenvalue weighted by Crippen LogP contribution is 2.40. The van der Waals surface area contributed by atoms with Crippen LogP contribution in [0.4, 0.5) is 5.69 Å². The molecule has 0 aliphatic heterocycles. The second kappa shape index (κ2) is 7.45. The number of nitrogens with two attached hydrogens (primary N) is 1. The van der Waals surface area contributed by atoms with Crippen LogP contribution in [-0.4, -0.2) is 27.7 Å². The van der Waals surface area contributed by atoms with Gasteiger partial charge < -0.3 is 21.1 Å². The van der Waals surface area contributed by atoms with E-state index in [0.717, 1.165) is 46.0 Å². The summed E-state index contributed by atoms with van der Waals surface area (Å²) in [4.78, 5) is 38.3. The molecule has 0 saturated carbocycles. The summed E-state index contributed by atoms with van der Waals surface area (Å²) in [5.74, 6) is -1.15. The number of hydrogen-bond donors (Lipinski definition) is 4. The lowest BCUT2D eigenvalue weighted by atomic mass is 10.1. The molecule has 2 aromatic heterocycles. The van der Waals surface area contributed by atoms with Crippen LogP contribution < -0.4 is 16.6 Å². The Morgan fingerprint density at radius 1 is 1.33 bits per heavy atom. The number of anilines is 1. The predicted molar refractivity (Wildman–Crippen MR) is 108 cm³/mol. The molecule has 140 valence electrons. The molecular formula is C18H17N3O4S2. The number of aryl methyl sites for hydroxylation is 1. The van der Waals surface area contributed by atoms with Gasteiger partial charge in [0.1, 0.15) is 5.75 Å². The number of rotatable bonds is 5. The highest BCUT2D eigenvalue weighted by Gasteiger charge is 2.21. The van der Waals surface area contributed by atoms with Crippen LogP contribution in [0.2, 0.25) is 0 Å². The Morgan fingerprint density at radius 2 is 2.07 bits per heavy atom. The van der Waals surface area contributed by atoms with E-state index in [2.05, 4.69) is 10.3 Å². The molecule has 0 atom stereocenters. The number of nitrogens with one attached hydrogen (secondary N) is 2. The molecule has 7 nitrogen and oxygen atoms in total. The summed E-state index contributed by atoms with van der Waals surface area (Å²) in [6.45, 7) is 3.89. The van der Waals surface area contributed by atoms with Crippen LogP contribution in [0.15, 0.2) is 33.3 Å². The fourth-order valence-electron chi connectivity index (χ4n) is 2.59. The van der Waals surface area contributed by atoms with Gasteiger partial charge in [-0.05, 0) is 31.0 Å². The normalized spacial score (nSPS) is 10.9. The molecule has 0 aliphatic carbocycles. The molecular weight excluding hydrogens is 386 g/mol. The van der Waals surface area contributed by atoms with Gasteiger partial charge in [0, 0.05) is 11.8 Å². The number of pyridine rings is 1. The first-order valence-corrected chi connectivity index (χ1v) is 9.75. The van der Waals surface area contributed by atoms with E-state index in [0.29, 0.717) is 8.91 Å². The van der Waals surface area contributed by atoms with E-state index in [1.165, 1.54) is 0 Å². The summed E-state index contributed by atoms with van der Waals surface area (Å²) >= 11 is 2.23. The molecule has 1 aromatic carbocycles. The van der Waals surface area contributed by atoms with Crippen molar-refractivity contribution < 1.29 is 14.7 Å². The van der Waals surface area contributed by atoms with Crippen LogP contribution in [0.1, 0.15) is 21.5 Å². The van der Waals surface area contributed by atoms with Crippen molar-refractivity contribution in [1.29, 1.82) is 0 Å². The predicted octanol–water partition coefficient (Wildman–Crippen LogP) is 2.74. The fraction of sp³-hybridized carbons (Fsp3) is 0.167. The number of aromatic amines is 1. The number of thiophene rings is 1. The molecule has 0 fully saturated rings. The average molecular weight is 403 g/mol. The molecule has 0 unspecified atom stereocenters. The average Bonchev–Trinajstić information content (AvgIpc) is 2.96. The van der Waals surface area contributed by atoms with E-state index >= 15 is 0 Å². The van der Waals surface area contributed by atoms with Crippen molar-refractivity contribution in [3.63, 3.8) is 0 Å². The smallest absolute Gasteiger partial charge is 0.252 e. The third-order valence-electron chi connectivity index (χ3n) is 4.08. The zero-order chi connectivity index (χ0) is 19.7. The summed E-state index contributed by atoms with van der Waals surface area (Å²) in [6, 6.07) is 6.68. The third-order valence-corrected chi connectivity index (χ3v) is 6.57. The van der Waals surface area contributed by atoms with Gasteiger partial charge in [0.2, 0.25) is 5.91 Å². The second-order valence-corrected chi connectivity index (χ2v) is 8.20. The second-order valence-electron chi connectivity index (χ2n) is 5.94. The van der Waals surface area contributed by atoms with Crippen LogP contribution in [0.25, 0.3) is 10.2 Å². The van der Waals surface area contributed by atoms with Gasteiger partial charge in [-0.25, -0.2) is 0 Å². The van der Waals surface area contributed by atoms with Gasteiger partial charge in [-0.3, -0.25) is 14.4 Å². The van der Waals surface area contributed by atoms with Crippen molar-refractivity contribution >= 4 is 50.8 Å². The number of amides is 2. The van der Waals surface area contributed by atoms with Gasteiger partial charge in [0.25, 0.3) is 11.5 Å². The quantitative estimate of drug-likeness (QED) is 0.488. The Morgan fingerprint density at radius 3 is 2.78 bits per heavy atom. The summed E-state index contributed by atoms with van der Waals surface area (Å²) < 4.78 is 0.812. The molecule has 2 heterocycles. The number of aromatic hydroxyl groups is 1. The van der Waals surface area contributed by atoms with E-state index in [-0.39, 0.29) is 28.5 Å². The molecule has 3 rings (SSSR count). The van der Waals surface area contributed by atoms with Crippen molar-refractivity contribution in [2.75, 3.05) is 11.1 Å². The number of carbonyl (C=O) groups is 2. The van der Waals surface area contributed by atoms with Gasteiger partial charge in [0.05, 0.1) is 25.7 Å². The van der Waals surface area contributed by atoms with Gasteiger partial charge in [-0.1, -0.05) is 12.1 Å². The number of H-pyrrole nitrogens is 1. The Bertz CT molecular complexity index is 1120. The first-order chi connectivity index (χ1) is 12.8. The number of thioether (sulfide) groups is 1. The molecule has 5 N–H and O–H groups in total. The maximum Gasteiger partial charge on any atom is 0.252 e. The Labute approximate surface area is 162 Å². The Hall–Kier alpha value is -2.78. The van der Waals surface area contributed by atoms with Crippen LogP contribution in [0.3, 0.4) is 0 Å². The lowest BCUT2D eigenvalue weighted by molar-refractivity contribution is -0.113. The largest absolute Gasteiger partial charge is 0.506 e. The van der Waals surface area contributed by atoms with Gasteiger partial charge in [-0.15, -0.1) is 23.1 Å². The highest BCUT2D eigenvalue weighted by atomic mass is 32.2. The van der Waals surface area contributed by atoms with Crippen LogP contribution in [-0.2, 0) is 4.79 Å². The van der Waals surface area contributed by atoms with Crippen LogP contribution in [0, 0.1) is 13.8 Å². The number of fused-ring (bicyclic) bond motifs is 1. The topological polar surface area (TPSA) is 125 Å². The number of hydrogen-bond acceptors (Lipinski definition) is 6. The summed E-state index contributed by atoms with van der Waals surface area (Å²) in [7, 11) is 0. The molecule has 9 heteroatoms. The van der Waals surface area contributed by atoms with E-state index < -0.39 is 11.5 Å².